The monoisotopic (exact) mass is 354 g/mol. The van der Waals surface area contributed by atoms with E-state index in [2.05, 4.69) is 35.7 Å². The Bertz CT molecular complexity index is 229. The average Bonchev–Trinajstić information content (AvgIpc) is 2.28. The number of rotatable bonds is 4. The molecule has 1 rings (SSSR count). The Hall–Kier alpha value is -0.0400. The predicted molar refractivity (Wildman–Crippen MR) is 85.0 cm³/mol. The summed E-state index contributed by atoms with van der Waals surface area (Å²) in [5.74, 6) is 1.39. The van der Waals surface area contributed by atoms with E-state index in [0.29, 0.717) is 11.9 Å². The van der Waals surface area contributed by atoms with Crippen LogP contribution in [0.5, 0.6) is 0 Å². The van der Waals surface area contributed by atoms with Crippen molar-refractivity contribution in [3.63, 3.8) is 0 Å². The van der Waals surface area contributed by atoms with Gasteiger partial charge in [-0.05, 0) is 46.2 Å². The van der Waals surface area contributed by atoms with Crippen LogP contribution < -0.4 is 5.73 Å². The molecule has 17 heavy (non-hydrogen) atoms. The van der Waals surface area contributed by atoms with E-state index in [1.807, 2.05) is 0 Å². The van der Waals surface area contributed by atoms with Crippen LogP contribution in [0.4, 0.5) is 0 Å². The van der Waals surface area contributed by atoms with Crippen LogP contribution in [-0.2, 0) is 0 Å². The van der Waals surface area contributed by atoms with Crippen molar-refractivity contribution in [3.8, 4) is 0 Å². The van der Waals surface area contributed by atoms with Crippen LogP contribution in [0.1, 0.15) is 26.7 Å². The van der Waals surface area contributed by atoms with Crippen molar-refractivity contribution >= 4 is 29.9 Å². The normalized spacial score (nSPS) is 22.1. The van der Waals surface area contributed by atoms with Crippen LogP contribution >= 0.6 is 24.0 Å². The molecule has 4 nitrogen and oxygen atoms in total. The molecule has 1 aliphatic heterocycles. The number of halogens is 1. The summed E-state index contributed by atoms with van der Waals surface area (Å²) in [7, 11) is 2.18. The summed E-state index contributed by atoms with van der Waals surface area (Å²) in [5, 5.41) is 0. The minimum absolute atomic E-state index is 0. The fraction of sp³-hybridized carbons (Fsp3) is 0.917. The summed E-state index contributed by atoms with van der Waals surface area (Å²) in [6.45, 7) is 9.38. The van der Waals surface area contributed by atoms with Crippen molar-refractivity contribution < 1.29 is 0 Å². The molecule has 1 heterocycles. The first-order valence-electron chi connectivity index (χ1n) is 6.40. The molecule has 1 fully saturated rings. The number of aliphatic imine (C=N–C) groups is 1. The summed E-state index contributed by atoms with van der Waals surface area (Å²) in [4.78, 5) is 9.01. The number of nitrogens with zero attached hydrogens (tertiary/aromatic N) is 3. The largest absolute Gasteiger partial charge is 0.370 e. The SMILES string of the molecule is CCN(CC)C(N)=NCC1CCCN(C)C1.I. The summed E-state index contributed by atoms with van der Waals surface area (Å²) < 4.78 is 0. The molecule has 1 unspecified atom stereocenters. The van der Waals surface area contributed by atoms with E-state index >= 15 is 0 Å². The number of guanidine groups is 1. The lowest BCUT2D eigenvalue weighted by Crippen LogP contribution is -2.38. The van der Waals surface area contributed by atoms with Gasteiger partial charge in [-0.15, -0.1) is 24.0 Å². The fourth-order valence-electron chi connectivity index (χ4n) is 2.29. The predicted octanol–water partition coefficient (Wildman–Crippen LogP) is 1.60. The Kier molecular flexibility index (Phi) is 8.94. The highest BCUT2D eigenvalue weighted by Crippen LogP contribution is 2.15. The van der Waals surface area contributed by atoms with Gasteiger partial charge >= 0.3 is 0 Å². The highest BCUT2D eigenvalue weighted by molar-refractivity contribution is 14.0. The van der Waals surface area contributed by atoms with Gasteiger partial charge in [0.05, 0.1) is 0 Å². The molecule has 0 aromatic heterocycles. The van der Waals surface area contributed by atoms with Crippen LogP contribution in [-0.4, -0.2) is 55.5 Å². The molecule has 0 amide bonds. The molecular weight excluding hydrogens is 327 g/mol. The maximum absolute atomic E-state index is 5.95. The van der Waals surface area contributed by atoms with Gasteiger partial charge in [0.1, 0.15) is 0 Å². The van der Waals surface area contributed by atoms with Crippen molar-refractivity contribution in [2.75, 3.05) is 39.8 Å². The second kappa shape index (κ2) is 8.97. The third-order valence-corrected chi connectivity index (χ3v) is 3.32. The van der Waals surface area contributed by atoms with Crippen LogP contribution in [0.25, 0.3) is 0 Å². The van der Waals surface area contributed by atoms with Gasteiger partial charge in [-0.2, -0.15) is 0 Å². The molecule has 0 aliphatic carbocycles. The van der Waals surface area contributed by atoms with Crippen molar-refractivity contribution in [2.24, 2.45) is 16.6 Å². The lowest BCUT2D eigenvalue weighted by molar-refractivity contribution is 0.214. The van der Waals surface area contributed by atoms with Gasteiger partial charge in [0.25, 0.3) is 0 Å². The van der Waals surface area contributed by atoms with Crippen LogP contribution in [0, 0.1) is 5.92 Å². The molecule has 0 radical (unpaired) electrons. The van der Waals surface area contributed by atoms with Crippen molar-refractivity contribution in [1.29, 1.82) is 0 Å². The molecule has 102 valence electrons. The third kappa shape index (κ3) is 5.90. The Morgan fingerprint density at radius 2 is 2.06 bits per heavy atom. The Balaban J connectivity index is 0.00000256. The lowest BCUT2D eigenvalue weighted by atomic mass is 9.99. The molecule has 0 aromatic carbocycles. The zero-order valence-electron chi connectivity index (χ0n) is 11.4. The van der Waals surface area contributed by atoms with E-state index in [0.717, 1.165) is 26.2 Å². The van der Waals surface area contributed by atoms with Gasteiger partial charge in [-0.25, -0.2) is 0 Å². The van der Waals surface area contributed by atoms with E-state index in [-0.39, 0.29) is 24.0 Å². The standard InChI is InChI=1S/C12H26N4.HI/c1-4-16(5-2)12(13)14-9-11-7-6-8-15(3)10-11;/h11H,4-10H2,1-3H3,(H2,13,14);1H. The average molecular weight is 354 g/mol. The fourth-order valence-corrected chi connectivity index (χ4v) is 2.29. The highest BCUT2D eigenvalue weighted by atomic mass is 127. The first-order valence-corrected chi connectivity index (χ1v) is 6.40. The Morgan fingerprint density at radius 3 is 2.59 bits per heavy atom. The molecule has 0 bridgehead atoms. The molecule has 1 aliphatic rings. The summed E-state index contributed by atoms with van der Waals surface area (Å²) in [6, 6.07) is 0. The number of hydrogen-bond acceptors (Lipinski definition) is 2. The van der Waals surface area contributed by atoms with E-state index < -0.39 is 0 Å². The number of likely N-dealkylation sites (tertiary alicyclic amines) is 1. The zero-order valence-corrected chi connectivity index (χ0v) is 13.7. The number of hydrogen-bond donors (Lipinski definition) is 1. The first-order chi connectivity index (χ1) is 7.67. The molecule has 5 heteroatoms. The topological polar surface area (TPSA) is 44.9 Å². The van der Waals surface area contributed by atoms with Gasteiger partial charge in [-0.3, -0.25) is 4.99 Å². The van der Waals surface area contributed by atoms with Gasteiger partial charge in [0, 0.05) is 26.2 Å². The van der Waals surface area contributed by atoms with Crippen molar-refractivity contribution in [2.45, 2.75) is 26.7 Å². The molecule has 0 saturated carbocycles. The lowest BCUT2D eigenvalue weighted by Gasteiger charge is -2.29. The molecule has 0 spiro atoms. The molecule has 1 atom stereocenters. The maximum atomic E-state index is 5.95. The zero-order chi connectivity index (χ0) is 12.0. The second-order valence-electron chi connectivity index (χ2n) is 4.64. The van der Waals surface area contributed by atoms with E-state index in [1.165, 1.54) is 19.4 Å². The minimum Gasteiger partial charge on any atom is -0.370 e. The van der Waals surface area contributed by atoms with Crippen molar-refractivity contribution in [1.82, 2.24) is 9.80 Å². The molecular formula is C12H27IN4. The number of nitrogens with two attached hydrogens (primary N) is 1. The van der Waals surface area contributed by atoms with E-state index in [1.54, 1.807) is 0 Å². The van der Waals surface area contributed by atoms with Gasteiger partial charge in [0.2, 0.25) is 0 Å². The number of piperidine rings is 1. The van der Waals surface area contributed by atoms with Crippen molar-refractivity contribution in [3.05, 3.63) is 0 Å². The van der Waals surface area contributed by atoms with Gasteiger partial charge < -0.3 is 15.5 Å². The van der Waals surface area contributed by atoms with Gasteiger partial charge in [-0.1, -0.05) is 0 Å². The summed E-state index contributed by atoms with van der Waals surface area (Å²) in [6.07, 6.45) is 2.58. The van der Waals surface area contributed by atoms with Crippen LogP contribution in [0.15, 0.2) is 4.99 Å². The summed E-state index contributed by atoms with van der Waals surface area (Å²) in [5.41, 5.74) is 5.95. The molecule has 0 aromatic rings. The minimum atomic E-state index is 0. The molecule has 2 N–H and O–H groups in total. The summed E-state index contributed by atoms with van der Waals surface area (Å²) >= 11 is 0. The smallest absolute Gasteiger partial charge is 0.191 e. The third-order valence-electron chi connectivity index (χ3n) is 3.32. The van der Waals surface area contributed by atoms with Gasteiger partial charge in [0.15, 0.2) is 5.96 Å². The quantitative estimate of drug-likeness (QED) is 0.474. The van der Waals surface area contributed by atoms with E-state index in [9.17, 15) is 0 Å². The second-order valence-corrected chi connectivity index (χ2v) is 4.64. The van der Waals surface area contributed by atoms with E-state index in [4.69, 9.17) is 5.73 Å². The Labute approximate surface area is 123 Å². The molecule has 1 saturated heterocycles. The highest BCUT2D eigenvalue weighted by Gasteiger charge is 2.16. The Morgan fingerprint density at radius 1 is 1.41 bits per heavy atom. The first kappa shape index (κ1) is 17.0. The maximum Gasteiger partial charge on any atom is 0.191 e. The van der Waals surface area contributed by atoms with Crippen LogP contribution in [0.2, 0.25) is 0 Å². The van der Waals surface area contributed by atoms with Crippen LogP contribution in [0.3, 0.4) is 0 Å².